The van der Waals surface area contributed by atoms with Crippen LogP contribution in [0.5, 0.6) is 11.5 Å². The first kappa shape index (κ1) is 14.6. The topological polar surface area (TPSA) is 89.9 Å². The van der Waals surface area contributed by atoms with Crippen LogP contribution >= 0.6 is 0 Å². The normalized spacial score (nSPS) is 18.9. The van der Waals surface area contributed by atoms with Crippen LogP contribution in [0.15, 0.2) is 18.2 Å². The summed E-state index contributed by atoms with van der Waals surface area (Å²) in [6.07, 6.45) is -0.364. The molecule has 1 aliphatic rings. The van der Waals surface area contributed by atoms with Gasteiger partial charge in [0.1, 0.15) is 6.10 Å². The van der Waals surface area contributed by atoms with Crippen LogP contribution in [0, 0.1) is 0 Å². The van der Waals surface area contributed by atoms with Crippen molar-refractivity contribution in [3.05, 3.63) is 23.8 Å². The van der Waals surface area contributed by atoms with Crippen molar-refractivity contribution in [2.75, 3.05) is 18.6 Å². The largest absolute Gasteiger partial charge is 0.493 e. The summed E-state index contributed by atoms with van der Waals surface area (Å²) in [6, 6.07) is 4.85. The number of carboxylic acids is 1. The predicted molar refractivity (Wildman–Crippen MR) is 72.1 cm³/mol. The highest BCUT2D eigenvalue weighted by Gasteiger charge is 2.35. The van der Waals surface area contributed by atoms with Gasteiger partial charge in [-0.3, -0.25) is 4.79 Å². The van der Waals surface area contributed by atoms with E-state index >= 15 is 0 Å². The molecule has 110 valence electrons. The Balaban J connectivity index is 2.16. The van der Waals surface area contributed by atoms with Crippen LogP contribution < -0.4 is 9.47 Å². The van der Waals surface area contributed by atoms with E-state index in [-0.39, 0.29) is 17.6 Å². The fourth-order valence-corrected chi connectivity index (χ4v) is 3.13. The number of rotatable bonds is 5. The molecule has 1 N–H and O–H groups in total. The molecule has 1 aromatic rings. The lowest BCUT2D eigenvalue weighted by molar-refractivity contribution is -0.138. The maximum atomic E-state index is 11.1. The van der Waals surface area contributed by atoms with E-state index in [9.17, 15) is 13.2 Å². The Hall–Kier alpha value is -1.76. The molecule has 1 atom stereocenters. The van der Waals surface area contributed by atoms with Crippen LogP contribution in [0.25, 0.3) is 0 Å². The Morgan fingerprint density at radius 2 is 2.00 bits per heavy atom. The zero-order valence-electron chi connectivity index (χ0n) is 11.2. The summed E-state index contributed by atoms with van der Waals surface area (Å²) >= 11 is 0. The smallest absolute Gasteiger partial charge is 0.310 e. The van der Waals surface area contributed by atoms with E-state index in [4.69, 9.17) is 14.6 Å². The zero-order chi connectivity index (χ0) is 14.9. The quantitative estimate of drug-likeness (QED) is 0.874. The van der Waals surface area contributed by atoms with Gasteiger partial charge in [-0.25, -0.2) is 8.42 Å². The molecule has 0 aliphatic carbocycles. The van der Waals surface area contributed by atoms with Gasteiger partial charge in [0, 0.05) is 0 Å². The fraction of sp³-hybridized carbons (Fsp3) is 0.462. The molecule has 20 heavy (non-hydrogen) atoms. The second kappa shape index (κ2) is 5.32. The number of hydrogen-bond donors (Lipinski definition) is 1. The molecule has 2 rings (SSSR count). The summed E-state index contributed by atoms with van der Waals surface area (Å²) in [5.74, 6) is -0.742. The highest BCUT2D eigenvalue weighted by Crippen LogP contribution is 2.33. The predicted octanol–water partition coefficient (Wildman–Crippen LogP) is 1.06. The van der Waals surface area contributed by atoms with Crippen LogP contribution in [-0.2, 0) is 14.6 Å². The highest BCUT2D eigenvalue weighted by atomic mass is 32.2. The van der Waals surface area contributed by atoms with Gasteiger partial charge in [0.05, 0.1) is 24.5 Å². The Morgan fingerprint density at radius 3 is 2.50 bits per heavy atom. The van der Waals surface area contributed by atoms with Gasteiger partial charge < -0.3 is 14.6 Å². The molecule has 0 aromatic heterocycles. The molecule has 0 saturated carbocycles. The number of methoxy groups -OCH3 is 1. The molecule has 1 fully saturated rings. The maximum Gasteiger partial charge on any atom is 0.310 e. The van der Waals surface area contributed by atoms with Crippen molar-refractivity contribution in [2.24, 2.45) is 0 Å². The third-order valence-electron chi connectivity index (χ3n) is 3.23. The Morgan fingerprint density at radius 1 is 1.35 bits per heavy atom. The molecule has 0 spiro atoms. The van der Waals surface area contributed by atoms with E-state index in [1.807, 2.05) is 0 Å². The van der Waals surface area contributed by atoms with Gasteiger partial charge in [0.25, 0.3) is 0 Å². The van der Waals surface area contributed by atoms with Crippen molar-refractivity contribution in [3.63, 3.8) is 0 Å². The average molecular weight is 300 g/mol. The lowest BCUT2D eigenvalue weighted by atomic mass is 10.0. The molecular formula is C13H16O6S. The second-order valence-electron chi connectivity index (χ2n) is 4.79. The molecule has 1 aromatic carbocycles. The highest BCUT2D eigenvalue weighted by molar-refractivity contribution is 7.92. The molecule has 0 bridgehead atoms. The van der Waals surface area contributed by atoms with Crippen LogP contribution in [0.4, 0.5) is 0 Å². The lowest BCUT2D eigenvalue weighted by Crippen LogP contribution is -2.45. The second-order valence-corrected chi connectivity index (χ2v) is 6.94. The Labute approximate surface area is 117 Å². The number of carbonyl (C=O) groups is 1. The van der Waals surface area contributed by atoms with Crippen molar-refractivity contribution in [1.29, 1.82) is 0 Å². The van der Waals surface area contributed by atoms with Gasteiger partial charge in [0.2, 0.25) is 0 Å². The number of sulfone groups is 1. The minimum absolute atomic E-state index is 0.00341. The van der Waals surface area contributed by atoms with Crippen LogP contribution in [-0.4, -0.2) is 44.2 Å². The van der Waals surface area contributed by atoms with Gasteiger partial charge in [-0.15, -0.1) is 0 Å². The summed E-state index contributed by atoms with van der Waals surface area (Å²) < 4.78 is 32.9. The van der Waals surface area contributed by atoms with Gasteiger partial charge in [-0.2, -0.15) is 0 Å². The van der Waals surface area contributed by atoms with Gasteiger partial charge in [0.15, 0.2) is 21.3 Å². The summed E-state index contributed by atoms with van der Waals surface area (Å²) in [7, 11) is -1.49. The van der Waals surface area contributed by atoms with Crippen molar-refractivity contribution in [3.8, 4) is 11.5 Å². The summed E-state index contributed by atoms with van der Waals surface area (Å²) in [5.41, 5.74) is 0.600. The first-order valence-electron chi connectivity index (χ1n) is 6.10. The van der Waals surface area contributed by atoms with Crippen molar-refractivity contribution in [1.82, 2.24) is 0 Å². The number of ether oxygens (including phenoxy) is 2. The third-order valence-corrected chi connectivity index (χ3v) is 4.99. The standard InChI is InChI=1S/C13H16O6S/c1-8(13(14)15)9-3-4-11(12(5-9)18-2)19-10-6-20(16,17)7-10/h3-5,8,10H,6-7H2,1-2H3,(H,14,15). The molecule has 7 heteroatoms. The minimum Gasteiger partial charge on any atom is -0.493 e. The first-order chi connectivity index (χ1) is 9.32. The van der Waals surface area contributed by atoms with Crippen molar-refractivity contribution < 1.29 is 27.8 Å². The molecule has 1 heterocycles. The number of carboxylic acid groups (broad SMARTS) is 1. The van der Waals surface area contributed by atoms with Gasteiger partial charge >= 0.3 is 5.97 Å². The van der Waals surface area contributed by atoms with Crippen LogP contribution in [0.3, 0.4) is 0 Å². The molecular weight excluding hydrogens is 284 g/mol. The van der Waals surface area contributed by atoms with Gasteiger partial charge in [-0.05, 0) is 24.6 Å². The number of benzene rings is 1. The van der Waals surface area contributed by atoms with Gasteiger partial charge in [-0.1, -0.05) is 6.07 Å². The fourth-order valence-electron chi connectivity index (χ4n) is 1.96. The maximum absolute atomic E-state index is 11.1. The molecule has 1 unspecified atom stereocenters. The third kappa shape index (κ3) is 3.04. The molecule has 6 nitrogen and oxygen atoms in total. The molecule has 1 saturated heterocycles. The molecule has 0 radical (unpaired) electrons. The average Bonchev–Trinajstić information content (AvgIpc) is 2.36. The molecule has 0 amide bonds. The van der Waals surface area contributed by atoms with E-state index in [1.54, 1.807) is 25.1 Å². The Bertz CT molecular complexity index is 610. The van der Waals surface area contributed by atoms with E-state index in [0.29, 0.717) is 17.1 Å². The monoisotopic (exact) mass is 300 g/mol. The van der Waals surface area contributed by atoms with Crippen molar-refractivity contribution >= 4 is 15.8 Å². The van der Waals surface area contributed by atoms with E-state index < -0.39 is 21.7 Å². The first-order valence-corrected chi connectivity index (χ1v) is 7.92. The summed E-state index contributed by atoms with van der Waals surface area (Å²) in [4.78, 5) is 11.0. The number of hydrogen-bond acceptors (Lipinski definition) is 5. The van der Waals surface area contributed by atoms with E-state index in [2.05, 4.69) is 0 Å². The number of aliphatic carboxylic acids is 1. The van der Waals surface area contributed by atoms with Crippen LogP contribution in [0.1, 0.15) is 18.4 Å². The van der Waals surface area contributed by atoms with E-state index in [1.165, 1.54) is 7.11 Å². The lowest BCUT2D eigenvalue weighted by Gasteiger charge is -2.27. The minimum atomic E-state index is -2.95. The summed E-state index contributed by atoms with van der Waals surface area (Å²) in [5, 5.41) is 8.98. The van der Waals surface area contributed by atoms with E-state index in [0.717, 1.165) is 0 Å². The molecule has 1 aliphatic heterocycles. The SMILES string of the molecule is COc1cc(C(C)C(=O)O)ccc1OC1CS(=O)(=O)C1. The summed E-state index contributed by atoms with van der Waals surface area (Å²) in [6.45, 7) is 1.58. The Kier molecular flexibility index (Phi) is 3.89. The zero-order valence-corrected chi connectivity index (χ0v) is 12.0. The van der Waals surface area contributed by atoms with Crippen LogP contribution in [0.2, 0.25) is 0 Å². The van der Waals surface area contributed by atoms with Crippen molar-refractivity contribution in [2.45, 2.75) is 18.9 Å².